The Morgan fingerprint density at radius 2 is 2.21 bits per heavy atom. The predicted molar refractivity (Wildman–Crippen MR) is 71.7 cm³/mol. The fourth-order valence-corrected chi connectivity index (χ4v) is 1.99. The molecule has 5 nitrogen and oxygen atoms in total. The van der Waals surface area contributed by atoms with Gasteiger partial charge in [0.25, 0.3) is 0 Å². The van der Waals surface area contributed by atoms with Crippen LogP contribution in [0.15, 0.2) is 24.5 Å². The zero-order valence-corrected chi connectivity index (χ0v) is 11.2. The van der Waals surface area contributed by atoms with Crippen LogP contribution < -0.4 is 5.32 Å². The molecule has 1 N–H and O–H groups in total. The molecule has 2 aromatic rings. The minimum Gasteiger partial charge on any atom is -0.380 e. The standard InChI is InChI=1S/C13H18FN5/c1-3-5-10(4-2)16-13-8-11(6-7-12(13)14)19-9-15-17-18-19/h6-10,16H,3-5H2,1-2H3. The SMILES string of the molecule is CCCC(CC)Nc1cc(-n2cnnn2)ccc1F. The lowest BCUT2D eigenvalue weighted by molar-refractivity contribution is 0.598. The molecule has 0 aliphatic carbocycles. The fourth-order valence-electron chi connectivity index (χ4n) is 1.99. The van der Waals surface area contributed by atoms with Crippen molar-refractivity contribution >= 4 is 5.69 Å². The lowest BCUT2D eigenvalue weighted by atomic mass is 10.1. The van der Waals surface area contributed by atoms with E-state index in [4.69, 9.17) is 0 Å². The molecule has 1 atom stereocenters. The molecule has 2 rings (SSSR count). The van der Waals surface area contributed by atoms with Crippen molar-refractivity contribution in [1.82, 2.24) is 20.2 Å². The van der Waals surface area contributed by atoms with Gasteiger partial charge in [-0.25, -0.2) is 9.07 Å². The summed E-state index contributed by atoms with van der Waals surface area (Å²) in [7, 11) is 0. The van der Waals surface area contributed by atoms with Gasteiger partial charge < -0.3 is 5.32 Å². The van der Waals surface area contributed by atoms with Crippen LogP contribution in [0.5, 0.6) is 0 Å². The second-order valence-electron chi connectivity index (χ2n) is 4.46. The molecule has 0 bridgehead atoms. The number of hydrogen-bond donors (Lipinski definition) is 1. The normalized spacial score (nSPS) is 12.4. The number of nitrogens with one attached hydrogen (secondary N) is 1. The Balaban J connectivity index is 2.22. The van der Waals surface area contributed by atoms with E-state index < -0.39 is 0 Å². The molecule has 1 heterocycles. The zero-order chi connectivity index (χ0) is 13.7. The average molecular weight is 263 g/mol. The summed E-state index contributed by atoms with van der Waals surface area (Å²) in [6.07, 6.45) is 4.54. The quantitative estimate of drug-likeness (QED) is 0.870. The monoisotopic (exact) mass is 263 g/mol. The van der Waals surface area contributed by atoms with E-state index in [2.05, 4.69) is 34.7 Å². The molecule has 1 aromatic carbocycles. The molecule has 0 aliphatic rings. The number of benzene rings is 1. The average Bonchev–Trinajstić information content (AvgIpc) is 2.94. The van der Waals surface area contributed by atoms with E-state index in [1.54, 1.807) is 12.1 Å². The van der Waals surface area contributed by atoms with Crippen molar-refractivity contribution in [2.45, 2.75) is 39.2 Å². The molecule has 0 spiro atoms. The molecule has 0 saturated carbocycles. The van der Waals surface area contributed by atoms with Gasteiger partial charge in [-0.15, -0.1) is 5.10 Å². The molecule has 19 heavy (non-hydrogen) atoms. The maximum atomic E-state index is 13.8. The summed E-state index contributed by atoms with van der Waals surface area (Å²) in [5, 5.41) is 14.2. The van der Waals surface area contributed by atoms with E-state index in [0.29, 0.717) is 5.69 Å². The third kappa shape index (κ3) is 3.27. The van der Waals surface area contributed by atoms with Gasteiger partial charge in [0.1, 0.15) is 12.1 Å². The van der Waals surface area contributed by atoms with Gasteiger partial charge in [0.15, 0.2) is 0 Å². The predicted octanol–water partition coefficient (Wildman–Crippen LogP) is 2.79. The molecule has 0 aliphatic heterocycles. The van der Waals surface area contributed by atoms with Crippen molar-refractivity contribution in [2.75, 3.05) is 5.32 Å². The second-order valence-corrected chi connectivity index (χ2v) is 4.46. The third-order valence-electron chi connectivity index (χ3n) is 3.05. The van der Waals surface area contributed by atoms with Crippen molar-refractivity contribution in [3.05, 3.63) is 30.3 Å². The molecular formula is C13H18FN5. The van der Waals surface area contributed by atoms with Crippen LogP contribution in [-0.2, 0) is 0 Å². The van der Waals surface area contributed by atoms with Gasteiger partial charge in [-0.05, 0) is 41.5 Å². The minimum absolute atomic E-state index is 0.258. The highest BCUT2D eigenvalue weighted by molar-refractivity contribution is 5.52. The summed E-state index contributed by atoms with van der Waals surface area (Å²) < 4.78 is 15.3. The summed E-state index contributed by atoms with van der Waals surface area (Å²) in [6, 6.07) is 5.09. The van der Waals surface area contributed by atoms with E-state index in [0.717, 1.165) is 24.9 Å². The Bertz CT molecular complexity index is 512. The largest absolute Gasteiger partial charge is 0.380 e. The number of nitrogens with zero attached hydrogens (tertiary/aromatic N) is 4. The van der Waals surface area contributed by atoms with E-state index in [1.807, 2.05) is 0 Å². The molecule has 0 amide bonds. The van der Waals surface area contributed by atoms with Crippen LogP contribution in [0.25, 0.3) is 5.69 Å². The molecular weight excluding hydrogens is 245 g/mol. The molecule has 0 fully saturated rings. The maximum absolute atomic E-state index is 13.8. The van der Waals surface area contributed by atoms with E-state index in [9.17, 15) is 4.39 Å². The Morgan fingerprint density at radius 3 is 2.84 bits per heavy atom. The van der Waals surface area contributed by atoms with Gasteiger partial charge in [0.05, 0.1) is 11.4 Å². The Labute approximate surface area is 111 Å². The van der Waals surface area contributed by atoms with E-state index >= 15 is 0 Å². The van der Waals surface area contributed by atoms with Crippen LogP contribution in [0.1, 0.15) is 33.1 Å². The van der Waals surface area contributed by atoms with Crippen LogP contribution in [0.4, 0.5) is 10.1 Å². The fraction of sp³-hybridized carbons (Fsp3) is 0.462. The number of anilines is 1. The van der Waals surface area contributed by atoms with E-state index in [1.165, 1.54) is 17.1 Å². The highest BCUT2D eigenvalue weighted by Gasteiger charge is 2.10. The smallest absolute Gasteiger partial charge is 0.146 e. The minimum atomic E-state index is -0.258. The molecule has 102 valence electrons. The Kier molecular flexibility index (Phi) is 4.43. The summed E-state index contributed by atoms with van der Waals surface area (Å²) in [6.45, 7) is 4.22. The van der Waals surface area contributed by atoms with Crippen molar-refractivity contribution < 1.29 is 4.39 Å². The van der Waals surface area contributed by atoms with Crippen LogP contribution in [0.2, 0.25) is 0 Å². The maximum Gasteiger partial charge on any atom is 0.146 e. The summed E-state index contributed by atoms with van der Waals surface area (Å²) in [5.41, 5.74) is 1.23. The summed E-state index contributed by atoms with van der Waals surface area (Å²) in [4.78, 5) is 0. The van der Waals surface area contributed by atoms with Gasteiger partial charge in [0.2, 0.25) is 0 Å². The molecule has 1 aromatic heterocycles. The topological polar surface area (TPSA) is 55.6 Å². The van der Waals surface area contributed by atoms with Gasteiger partial charge >= 0.3 is 0 Å². The van der Waals surface area contributed by atoms with Crippen molar-refractivity contribution in [1.29, 1.82) is 0 Å². The summed E-state index contributed by atoms with van der Waals surface area (Å²) in [5.74, 6) is -0.258. The first-order chi connectivity index (χ1) is 9.24. The molecule has 0 saturated heterocycles. The molecule has 1 unspecified atom stereocenters. The van der Waals surface area contributed by atoms with Crippen LogP contribution in [-0.4, -0.2) is 26.2 Å². The van der Waals surface area contributed by atoms with Crippen molar-refractivity contribution in [3.8, 4) is 5.69 Å². The Hall–Kier alpha value is -1.98. The Morgan fingerprint density at radius 1 is 1.37 bits per heavy atom. The van der Waals surface area contributed by atoms with Gasteiger partial charge in [-0.3, -0.25) is 0 Å². The zero-order valence-electron chi connectivity index (χ0n) is 11.2. The number of aromatic nitrogens is 4. The lowest BCUT2D eigenvalue weighted by Gasteiger charge is -2.18. The van der Waals surface area contributed by atoms with Gasteiger partial charge in [0, 0.05) is 6.04 Å². The number of tetrazole rings is 1. The highest BCUT2D eigenvalue weighted by atomic mass is 19.1. The van der Waals surface area contributed by atoms with Crippen molar-refractivity contribution in [2.24, 2.45) is 0 Å². The molecule has 6 heteroatoms. The third-order valence-corrected chi connectivity index (χ3v) is 3.05. The molecule has 0 radical (unpaired) electrons. The summed E-state index contributed by atoms with van der Waals surface area (Å²) >= 11 is 0. The number of rotatable bonds is 6. The van der Waals surface area contributed by atoms with Crippen LogP contribution >= 0.6 is 0 Å². The second kappa shape index (κ2) is 6.26. The van der Waals surface area contributed by atoms with Gasteiger partial charge in [-0.1, -0.05) is 20.3 Å². The number of hydrogen-bond acceptors (Lipinski definition) is 4. The lowest BCUT2D eigenvalue weighted by Crippen LogP contribution is -2.19. The first-order valence-corrected chi connectivity index (χ1v) is 6.54. The van der Waals surface area contributed by atoms with Gasteiger partial charge in [-0.2, -0.15) is 0 Å². The first kappa shape index (κ1) is 13.5. The highest BCUT2D eigenvalue weighted by Crippen LogP contribution is 2.20. The first-order valence-electron chi connectivity index (χ1n) is 6.54. The van der Waals surface area contributed by atoms with Crippen molar-refractivity contribution in [3.63, 3.8) is 0 Å². The number of halogens is 1. The van der Waals surface area contributed by atoms with Crippen LogP contribution in [0.3, 0.4) is 0 Å². The van der Waals surface area contributed by atoms with E-state index in [-0.39, 0.29) is 11.9 Å². The van der Waals surface area contributed by atoms with Crippen LogP contribution in [0, 0.1) is 5.82 Å².